The van der Waals surface area contributed by atoms with Gasteiger partial charge >= 0.3 is 0 Å². The van der Waals surface area contributed by atoms with Gasteiger partial charge in [0.25, 0.3) is 5.91 Å². The van der Waals surface area contributed by atoms with Crippen LogP contribution >= 0.6 is 0 Å². The number of carbonyl (C=O) groups is 1. The Morgan fingerprint density at radius 1 is 1.42 bits per heavy atom. The first-order valence-electron chi connectivity index (χ1n) is 6.35. The maximum atomic E-state index is 11.7. The summed E-state index contributed by atoms with van der Waals surface area (Å²) in [6, 6.07) is 7.45. The first-order chi connectivity index (χ1) is 9.26. The number of rotatable bonds is 5. The summed E-state index contributed by atoms with van der Waals surface area (Å²) in [4.78, 5) is 16.0. The molecule has 5 nitrogen and oxygen atoms in total. The molecule has 0 spiro atoms. The second kappa shape index (κ2) is 6.15. The van der Waals surface area contributed by atoms with Gasteiger partial charge < -0.3 is 4.57 Å². The molecule has 0 radical (unpaired) electrons. The zero-order chi connectivity index (χ0) is 13.7. The van der Waals surface area contributed by atoms with Gasteiger partial charge in [-0.05, 0) is 18.1 Å². The first-order valence-corrected chi connectivity index (χ1v) is 6.35. The third-order valence-corrected chi connectivity index (χ3v) is 3.01. The van der Waals surface area contributed by atoms with Crippen LogP contribution in [0, 0.1) is 0 Å². The summed E-state index contributed by atoms with van der Waals surface area (Å²) in [6.07, 6.45) is 5.69. The lowest BCUT2D eigenvalue weighted by molar-refractivity contribution is 0.0952. The molecule has 0 aliphatic carbocycles. The normalized spacial score (nSPS) is 10.4. The number of nitrogens with one attached hydrogen (secondary N) is 1. The van der Waals surface area contributed by atoms with Crippen molar-refractivity contribution in [2.45, 2.75) is 26.3 Å². The van der Waals surface area contributed by atoms with Crippen molar-refractivity contribution in [2.75, 3.05) is 0 Å². The Bertz CT molecular complexity index is 562. The lowest BCUT2D eigenvalue weighted by atomic mass is 10.1. The van der Waals surface area contributed by atoms with E-state index in [2.05, 4.69) is 21.9 Å². The van der Waals surface area contributed by atoms with Crippen molar-refractivity contribution < 1.29 is 4.79 Å². The molecule has 0 atom stereocenters. The van der Waals surface area contributed by atoms with Gasteiger partial charge in [-0.25, -0.2) is 10.8 Å². The SMILES string of the molecule is CCCc1nccn1Cc1ccccc1C(=O)NN. The summed E-state index contributed by atoms with van der Waals surface area (Å²) >= 11 is 0. The van der Waals surface area contributed by atoms with E-state index in [-0.39, 0.29) is 5.91 Å². The van der Waals surface area contributed by atoms with Crippen molar-refractivity contribution >= 4 is 5.91 Å². The number of hydrogen-bond acceptors (Lipinski definition) is 3. The molecule has 19 heavy (non-hydrogen) atoms. The molecule has 0 aliphatic rings. The molecule has 100 valence electrons. The molecule has 2 aromatic rings. The number of nitrogens with two attached hydrogens (primary N) is 1. The first kappa shape index (κ1) is 13.3. The van der Waals surface area contributed by atoms with E-state index in [0.29, 0.717) is 12.1 Å². The van der Waals surface area contributed by atoms with Gasteiger partial charge in [-0.1, -0.05) is 25.1 Å². The molecule has 3 N–H and O–H groups in total. The van der Waals surface area contributed by atoms with Gasteiger partial charge in [-0.2, -0.15) is 0 Å². The Kier molecular flexibility index (Phi) is 4.30. The zero-order valence-electron chi connectivity index (χ0n) is 11.0. The predicted molar refractivity (Wildman–Crippen MR) is 73.4 cm³/mol. The van der Waals surface area contributed by atoms with E-state index in [1.165, 1.54) is 0 Å². The summed E-state index contributed by atoms with van der Waals surface area (Å²) < 4.78 is 2.06. The van der Waals surface area contributed by atoms with Crippen LogP contribution in [0.4, 0.5) is 0 Å². The highest BCUT2D eigenvalue weighted by Gasteiger charge is 2.11. The molecule has 0 fully saturated rings. The number of imidazole rings is 1. The quantitative estimate of drug-likeness (QED) is 0.485. The summed E-state index contributed by atoms with van der Waals surface area (Å²) in [5.41, 5.74) is 3.71. The molecule has 0 bridgehead atoms. The number of carbonyl (C=O) groups excluding carboxylic acids is 1. The van der Waals surface area contributed by atoms with Gasteiger partial charge in [0.2, 0.25) is 0 Å². The highest BCUT2D eigenvalue weighted by Crippen LogP contribution is 2.12. The minimum Gasteiger partial charge on any atom is -0.330 e. The van der Waals surface area contributed by atoms with Crippen LogP contribution in [0.5, 0.6) is 0 Å². The summed E-state index contributed by atoms with van der Waals surface area (Å²) in [6.45, 7) is 2.74. The van der Waals surface area contributed by atoms with E-state index in [1.54, 1.807) is 12.3 Å². The van der Waals surface area contributed by atoms with Gasteiger partial charge in [0.05, 0.1) is 0 Å². The second-order valence-electron chi connectivity index (χ2n) is 4.35. The monoisotopic (exact) mass is 258 g/mol. The molecule has 5 heteroatoms. The molecule has 0 saturated carbocycles. The number of aromatic nitrogens is 2. The van der Waals surface area contributed by atoms with Crippen LogP contribution in [0.25, 0.3) is 0 Å². The highest BCUT2D eigenvalue weighted by atomic mass is 16.2. The van der Waals surface area contributed by atoms with Crippen molar-refractivity contribution in [1.82, 2.24) is 15.0 Å². The average molecular weight is 258 g/mol. The van der Waals surface area contributed by atoms with Crippen LogP contribution in [0.15, 0.2) is 36.7 Å². The zero-order valence-corrected chi connectivity index (χ0v) is 11.0. The van der Waals surface area contributed by atoms with Crippen LogP contribution in [-0.2, 0) is 13.0 Å². The van der Waals surface area contributed by atoms with E-state index < -0.39 is 0 Å². The smallest absolute Gasteiger partial charge is 0.265 e. The molecule has 0 aliphatic heterocycles. The third-order valence-electron chi connectivity index (χ3n) is 3.01. The number of amides is 1. The Hall–Kier alpha value is -2.14. The topological polar surface area (TPSA) is 72.9 Å². The fourth-order valence-electron chi connectivity index (χ4n) is 2.08. The van der Waals surface area contributed by atoms with Crippen LogP contribution in [0.3, 0.4) is 0 Å². The molecule has 0 saturated heterocycles. The number of nitrogens with zero attached hydrogens (tertiary/aromatic N) is 2. The summed E-state index contributed by atoms with van der Waals surface area (Å²) in [5.74, 6) is 5.97. The van der Waals surface area contributed by atoms with Crippen LogP contribution < -0.4 is 11.3 Å². The third kappa shape index (κ3) is 3.00. The number of nitrogen functional groups attached to an aromatic ring is 1. The largest absolute Gasteiger partial charge is 0.330 e. The lowest BCUT2D eigenvalue weighted by Gasteiger charge is -2.11. The van der Waals surface area contributed by atoms with E-state index in [9.17, 15) is 4.79 Å². The fraction of sp³-hybridized carbons (Fsp3) is 0.286. The highest BCUT2D eigenvalue weighted by molar-refractivity contribution is 5.95. The summed E-state index contributed by atoms with van der Waals surface area (Å²) in [7, 11) is 0. The lowest BCUT2D eigenvalue weighted by Crippen LogP contribution is -2.31. The average Bonchev–Trinajstić information content (AvgIpc) is 2.86. The van der Waals surface area contributed by atoms with Crippen LogP contribution in [0.1, 0.15) is 35.1 Å². The predicted octanol–water partition coefficient (Wildman–Crippen LogP) is 1.49. The number of benzene rings is 1. The minimum atomic E-state index is -0.271. The van der Waals surface area contributed by atoms with E-state index in [0.717, 1.165) is 24.2 Å². The molecular formula is C14H18N4O. The van der Waals surface area contributed by atoms with Crippen LogP contribution in [0.2, 0.25) is 0 Å². The fourth-order valence-corrected chi connectivity index (χ4v) is 2.08. The molecule has 2 rings (SSSR count). The van der Waals surface area contributed by atoms with E-state index >= 15 is 0 Å². The maximum absolute atomic E-state index is 11.7. The van der Waals surface area contributed by atoms with Gasteiger partial charge in [-0.3, -0.25) is 10.2 Å². The Balaban J connectivity index is 2.28. The molecule has 1 aromatic heterocycles. The molecular weight excluding hydrogens is 240 g/mol. The second-order valence-corrected chi connectivity index (χ2v) is 4.35. The van der Waals surface area contributed by atoms with Crippen molar-refractivity contribution in [3.8, 4) is 0 Å². The Labute approximate surface area is 112 Å². The van der Waals surface area contributed by atoms with Gasteiger partial charge in [0.15, 0.2) is 0 Å². The van der Waals surface area contributed by atoms with E-state index in [4.69, 9.17) is 5.84 Å². The van der Waals surface area contributed by atoms with Gasteiger partial charge in [-0.15, -0.1) is 0 Å². The maximum Gasteiger partial charge on any atom is 0.265 e. The molecule has 1 amide bonds. The van der Waals surface area contributed by atoms with Gasteiger partial charge in [0, 0.05) is 30.9 Å². The molecule has 1 heterocycles. The standard InChI is InChI=1S/C14H18N4O/c1-2-5-13-16-8-9-18(13)10-11-6-3-4-7-12(11)14(19)17-15/h3-4,6-9H,2,5,10,15H2,1H3,(H,17,19). The molecule has 0 unspecified atom stereocenters. The Morgan fingerprint density at radius 3 is 2.95 bits per heavy atom. The Morgan fingerprint density at radius 2 is 2.21 bits per heavy atom. The summed E-state index contributed by atoms with van der Waals surface area (Å²) in [5, 5.41) is 0. The van der Waals surface area contributed by atoms with Crippen molar-refractivity contribution in [3.05, 3.63) is 53.6 Å². The molecule has 1 aromatic carbocycles. The minimum absolute atomic E-state index is 0.271. The van der Waals surface area contributed by atoms with Crippen molar-refractivity contribution in [1.29, 1.82) is 0 Å². The number of hydrogen-bond donors (Lipinski definition) is 2. The number of aryl methyl sites for hydroxylation is 1. The van der Waals surface area contributed by atoms with Crippen LogP contribution in [-0.4, -0.2) is 15.5 Å². The number of hydrazine groups is 1. The van der Waals surface area contributed by atoms with Crippen molar-refractivity contribution in [2.24, 2.45) is 5.84 Å². The van der Waals surface area contributed by atoms with Crippen molar-refractivity contribution in [3.63, 3.8) is 0 Å². The van der Waals surface area contributed by atoms with E-state index in [1.807, 2.05) is 24.4 Å². The van der Waals surface area contributed by atoms with Gasteiger partial charge in [0.1, 0.15) is 5.82 Å².